The molecule has 3 rings (SSSR count). The van der Waals surface area contributed by atoms with Crippen molar-refractivity contribution in [3.8, 4) is 0 Å². The zero-order valence-corrected chi connectivity index (χ0v) is 16.7. The number of alkyl halides is 2. The van der Waals surface area contributed by atoms with Gasteiger partial charge in [0.05, 0.1) is 11.7 Å². The standard InChI is InChI=1S/C17H25F2N3O2.C2H6/c1-11-7-14(22(20-11)13-5-6-17(18,19)8-13)12-9-21(10-12)15(23)24-16(2,3)4;1-2/h7,12-13H,5-6,8-10H2,1-4H3;1-2H3. The van der Waals surface area contributed by atoms with Crippen LogP contribution in [-0.4, -0.2) is 45.4 Å². The Morgan fingerprint density at radius 3 is 2.42 bits per heavy atom. The van der Waals surface area contributed by atoms with Crippen LogP contribution in [0.4, 0.5) is 13.6 Å². The van der Waals surface area contributed by atoms with E-state index < -0.39 is 11.5 Å². The van der Waals surface area contributed by atoms with Gasteiger partial charge in [-0.3, -0.25) is 4.68 Å². The minimum atomic E-state index is -2.59. The first-order valence-electron chi connectivity index (χ1n) is 9.46. The molecule has 0 aromatic carbocycles. The van der Waals surface area contributed by atoms with Crippen LogP contribution < -0.4 is 0 Å². The average Bonchev–Trinajstić information content (AvgIpc) is 3.00. The smallest absolute Gasteiger partial charge is 0.410 e. The van der Waals surface area contributed by atoms with Gasteiger partial charge in [0, 0.05) is 37.5 Å². The quantitative estimate of drug-likeness (QED) is 0.742. The fourth-order valence-electron chi connectivity index (χ4n) is 3.41. The first-order chi connectivity index (χ1) is 12.0. The fourth-order valence-corrected chi connectivity index (χ4v) is 3.41. The van der Waals surface area contributed by atoms with Crippen molar-refractivity contribution in [1.82, 2.24) is 14.7 Å². The molecule has 1 aromatic heterocycles. The van der Waals surface area contributed by atoms with Crippen LogP contribution in [0.1, 0.15) is 77.2 Å². The molecule has 2 heterocycles. The Kier molecular flexibility index (Phi) is 5.98. The number of rotatable bonds is 2. The van der Waals surface area contributed by atoms with Gasteiger partial charge in [-0.25, -0.2) is 13.6 Å². The lowest BCUT2D eigenvalue weighted by Gasteiger charge is -2.40. The van der Waals surface area contributed by atoms with Crippen molar-refractivity contribution in [2.75, 3.05) is 13.1 Å². The second-order valence-electron chi connectivity index (χ2n) is 7.99. The van der Waals surface area contributed by atoms with Gasteiger partial charge in [-0.15, -0.1) is 0 Å². The summed E-state index contributed by atoms with van der Waals surface area (Å²) in [5.41, 5.74) is 1.27. The van der Waals surface area contributed by atoms with Crippen molar-refractivity contribution in [3.05, 3.63) is 17.5 Å². The largest absolute Gasteiger partial charge is 0.444 e. The van der Waals surface area contributed by atoms with Crippen LogP contribution in [-0.2, 0) is 4.74 Å². The van der Waals surface area contributed by atoms with Crippen molar-refractivity contribution in [2.45, 2.75) is 84.3 Å². The maximum Gasteiger partial charge on any atom is 0.410 e. The van der Waals surface area contributed by atoms with Crippen LogP contribution in [0.2, 0.25) is 0 Å². The van der Waals surface area contributed by atoms with E-state index in [2.05, 4.69) is 5.10 Å². The highest BCUT2D eigenvalue weighted by Gasteiger charge is 2.43. The van der Waals surface area contributed by atoms with Crippen LogP contribution in [0.25, 0.3) is 0 Å². The molecule has 0 N–H and O–H groups in total. The molecule has 1 amide bonds. The third-order valence-corrected chi connectivity index (χ3v) is 4.56. The molecule has 1 aromatic rings. The Hall–Kier alpha value is -1.66. The molecular formula is C19H31F2N3O2. The van der Waals surface area contributed by atoms with Crippen LogP contribution in [0.3, 0.4) is 0 Å². The number of likely N-dealkylation sites (tertiary alicyclic amines) is 1. The number of nitrogens with zero attached hydrogens (tertiary/aromatic N) is 3. The van der Waals surface area contributed by atoms with E-state index >= 15 is 0 Å². The van der Waals surface area contributed by atoms with Gasteiger partial charge >= 0.3 is 6.09 Å². The van der Waals surface area contributed by atoms with Crippen LogP contribution in [0.15, 0.2) is 6.07 Å². The molecule has 2 fully saturated rings. The molecule has 1 atom stereocenters. The molecule has 1 saturated carbocycles. The molecule has 5 nitrogen and oxygen atoms in total. The third-order valence-electron chi connectivity index (χ3n) is 4.56. The molecule has 2 aliphatic rings. The van der Waals surface area contributed by atoms with E-state index in [4.69, 9.17) is 4.74 Å². The monoisotopic (exact) mass is 371 g/mol. The minimum absolute atomic E-state index is 0.0787. The summed E-state index contributed by atoms with van der Waals surface area (Å²) in [4.78, 5) is 13.7. The SMILES string of the molecule is CC.Cc1cc(C2CN(C(=O)OC(C)(C)C)C2)n(C2CCC(F)(F)C2)n1. The van der Waals surface area contributed by atoms with Gasteiger partial charge in [0.2, 0.25) is 5.92 Å². The molecule has 0 bridgehead atoms. The van der Waals surface area contributed by atoms with Gasteiger partial charge in [-0.1, -0.05) is 13.8 Å². The summed E-state index contributed by atoms with van der Waals surface area (Å²) in [7, 11) is 0. The molecule has 1 aliphatic carbocycles. The lowest BCUT2D eigenvalue weighted by molar-refractivity contribution is 0.00415. The maximum atomic E-state index is 13.5. The number of aromatic nitrogens is 2. The summed E-state index contributed by atoms with van der Waals surface area (Å²) >= 11 is 0. The first kappa shape index (κ1) is 20.6. The minimum Gasteiger partial charge on any atom is -0.444 e. The summed E-state index contributed by atoms with van der Waals surface area (Å²) in [6.45, 7) is 12.5. The number of carbonyl (C=O) groups excluding carboxylic acids is 1. The fraction of sp³-hybridized carbons (Fsp3) is 0.789. The Morgan fingerprint density at radius 1 is 1.31 bits per heavy atom. The molecule has 26 heavy (non-hydrogen) atoms. The topological polar surface area (TPSA) is 47.4 Å². The Balaban J connectivity index is 0.00000117. The highest BCUT2D eigenvalue weighted by Crippen LogP contribution is 2.43. The third kappa shape index (κ3) is 4.74. The van der Waals surface area contributed by atoms with E-state index in [9.17, 15) is 13.6 Å². The number of aryl methyl sites for hydroxylation is 1. The molecule has 0 radical (unpaired) electrons. The second-order valence-corrected chi connectivity index (χ2v) is 7.99. The molecule has 1 aliphatic heterocycles. The zero-order chi connectivity index (χ0) is 19.7. The van der Waals surface area contributed by atoms with E-state index in [-0.39, 0.29) is 30.9 Å². The molecule has 1 unspecified atom stereocenters. The number of halogens is 2. The van der Waals surface area contributed by atoms with E-state index in [1.54, 1.807) is 9.58 Å². The Labute approximate surface area is 154 Å². The van der Waals surface area contributed by atoms with E-state index in [1.165, 1.54) is 0 Å². The number of hydrogen-bond acceptors (Lipinski definition) is 3. The predicted molar refractivity (Wildman–Crippen MR) is 96.7 cm³/mol. The molecular weight excluding hydrogens is 340 g/mol. The summed E-state index contributed by atoms with van der Waals surface area (Å²) in [6.07, 6.45) is -0.105. The summed E-state index contributed by atoms with van der Waals surface area (Å²) in [5, 5.41) is 4.44. The molecule has 0 spiro atoms. The van der Waals surface area contributed by atoms with Gasteiger partial charge in [-0.05, 0) is 40.2 Å². The van der Waals surface area contributed by atoms with Crippen molar-refractivity contribution < 1.29 is 18.3 Å². The van der Waals surface area contributed by atoms with Gasteiger partial charge in [-0.2, -0.15) is 5.10 Å². The van der Waals surface area contributed by atoms with Gasteiger partial charge in [0.25, 0.3) is 0 Å². The summed E-state index contributed by atoms with van der Waals surface area (Å²) in [6, 6.07) is 1.70. The second kappa shape index (κ2) is 7.53. The molecule has 1 saturated heterocycles. The van der Waals surface area contributed by atoms with Crippen molar-refractivity contribution >= 4 is 6.09 Å². The highest BCUT2D eigenvalue weighted by atomic mass is 19.3. The Bertz CT molecular complexity index is 631. The number of carbonyl (C=O) groups is 1. The van der Waals surface area contributed by atoms with E-state index in [1.807, 2.05) is 47.6 Å². The number of ether oxygens (including phenoxy) is 1. The van der Waals surface area contributed by atoms with Gasteiger partial charge < -0.3 is 9.64 Å². The number of amides is 1. The van der Waals surface area contributed by atoms with Gasteiger partial charge in [0.15, 0.2) is 0 Å². The number of hydrogen-bond donors (Lipinski definition) is 0. The summed E-state index contributed by atoms with van der Waals surface area (Å²) < 4.78 is 34.2. The van der Waals surface area contributed by atoms with Crippen molar-refractivity contribution in [3.63, 3.8) is 0 Å². The molecule has 7 heteroatoms. The molecule has 148 valence electrons. The predicted octanol–water partition coefficient (Wildman–Crippen LogP) is 4.91. The maximum absolute atomic E-state index is 13.5. The normalized spacial score (nSPS) is 22.5. The highest BCUT2D eigenvalue weighted by molar-refractivity contribution is 5.69. The van der Waals surface area contributed by atoms with Crippen molar-refractivity contribution in [1.29, 1.82) is 0 Å². The van der Waals surface area contributed by atoms with Crippen LogP contribution in [0.5, 0.6) is 0 Å². The van der Waals surface area contributed by atoms with Crippen molar-refractivity contribution in [2.24, 2.45) is 0 Å². The van der Waals surface area contributed by atoms with Gasteiger partial charge in [0.1, 0.15) is 5.60 Å². The van der Waals surface area contributed by atoms with E-state index in [0.717, 1.165) is 11.4 Å². The average molecular weight is 371 g/mol. The summed E-state index contributed by atoms with van der Waals surface area (Å²) in [5.74, 6) is -2.46. The van der Waals surface area contributed by atoms with Crippen LogP contribution >= 0.6 is 0 Å². The van der Waals surface area contributed by atoms with Crippen LogP contribution in [0, 0.1) is 6.92 Å². The van der Waals surface area contributed by atoms with E-state index in [0.29, 0.717) is 19.5 Å². The first-order valence-corrected chi connectivity index (χ1v) is 9.46. The lowest BCUT2D eigenvalue weighted by atomic mass is 9.96. The lowest BCUT2D eigenvalue weighted by Crippen LogP contribution is -2.50. The zero-order valence-electron chi connectivity index (χ0n) is 16.7. The Morgan fingerprint density at radius 2 is 1.92 bits per heavy atom.